The number of unbranched alkanes of at least 4 members (excludes halogenated alkanes) is 24. The molecule has 1 heterocycles. The molecule has 1 unspecified atom stereocenters. The molecule has 0 aromatic carbocycles. The topological polar surface area (TPSA) is 48.0 Å². The fourth-order valence-corrected chi connectivity index (χ4v) is 6.45. The Balaban J connectivity index is 2.04. The van der Waals surface area contributed by atoms with Crippen molar-refractivity contribution in [2.45, 2.75) is 213 Å². The molecule has 46 heavy (non-hydrogen) atoms. The standard InChI is InChI=1S/C41H81NO4/c1-3-5-7-9-11-13-15-17-19-21-23-25-27-36-44-38-32-40(46-41(43)31-29-33-42-34-30-35-42)39-45-37-28-26-24-22-20-18-16-14-12-10-8-6-4-2/h40H,3-39H2,1-2H3. The van der Waals surface area contributed by atoms with Crippen LogP contribution >= 0.6 is 0 Å². The van der Waals surface area contributed by atoms with E-state index < -0.39 is 0 Å². The zero-order valence-electron chi connectivity index (χ0n) is 31.3. The summed E-state index contributed by atoms with van der Waals surface area (Å²) in [5, 5.41) is 0. The number of hydrogen-bond acceptors (Lipinski definition) is 5. The van der Waals surface area contributed by atoms with Crippen LogP contribution in [0.4, 0.5) is 0 Å². The van der Waals surface area contributed by atoms with Crippen LogP contribution in [0.15, 0.2) is 0 Å². The van der Waals surface area contributed by atoms with Crippen molar-refractivity contribution in [2.24, 2.45) is 0 Å². The molecular weight excluding hydrogens is 570 g/mol. The molecular formula is C41H81NO4. The van der Waals surface area contributed by atoms with Crippen molar-refractivity contribution >= 4 is 5.97 Å². The Morgan fingerprint density at radius 1 is 0.522 bits per heavy atom. The van der Waals surface area contributed by atoms with Crippen molar-refractivity contribution in [1.29, 1.82) is 0 Å². The summed E-state index contributed by atoms with van der Waals surface area (Å²) in [6.45, 7) is 10.7. The first-order chi connectivity index (χ1) is 22.8. The molecule has 1 rings (SSSR count). The Morgan fingerprint density at radius 2 is 0.935 bits per heavy atom. The molecule has 0 aromatic rings. The van der Waals surface area contributed by atoms with Gasteiger partial charge in [0, 0.05) is 26.1 Å². The maximum atomic E-state index is 12.5. The Morgan fingerprint density at radius 3 is 1.35 bits per heavy atom. The Kier molecular flexibility index (Phi) is 33.6. The van der Waals surface area contributed by atoms with Gasteiger partial charge in [0.05, 0.1) is 13.2 Å². The normalized spacial score (nSPS) is 14.0. The number of nitrogens with zero attached hydrogens (tertiary/aromatic N) is 1. The molecule has 1 fully saturated rings. The van der Waals surface area contributed by atoms with Crippen LogP contribution in [-0.2, 0) is 19.0 Å². The first kappa shape index (κ1) is 43.4. The van der Waals surface area contributed by atoms with Crippen LogP contribution in [0.25, 0.3) is 0 Å². The molecule has 5 heteroatoms. The van der Waals surface area contributed by atoms with Crippen LogP contribution in [0.3, 0.4) is 0 Å². The summed E-state index contributed by atoms with van der Waals surface area (Å²) in [5.74, 6) is -0.0772. The Bertz CT molecular complexity index is 611. The third kappa shape index (κ3) is 30.7. The number of hydrogen-bond donors (Lipinski definition) is 0. The number of rotatable bonds is 38. The molecule has 1 aliphatic rings. The third-order valence-corrected chi connectivity index (χ3v) is 9.77. The second-order valence-corrected chi connectivity index (χ2v) is 14.4. The van der Waals surface area contributed by atoms with E-state index in [4.69, 9.17) is 14.2 Å². The minimum atomic E-state index is -0.190. The smallest absolute Gasteiger partial charge is 0.306 e. The van der Waals surface area contributed by atoms with Crippen LogP contribution in [0.5, 0.6) is 0 Å². The molecule has 0 radical (unpaired) electrons. The molecule has 0 N–H and O–H groups in total. The Labute approximate surface area is 288 Å². The van der Waals surface area contributed by atoms with Gasteiger partial charge in [0.15, 0.2) is 0 Å². The van der Waals surface area contributed by atoms with Crippen molar-refractivity contribution in [2.75, 3.05) is 46.1 Å². The van der Waals surface area contributed by atoms with E-state index in [0.717, 1.165) is 45.4 Å². The summed E-state index contributed by atoms with van der Waals surface area (Å²) in [7, 11) is 0. The van der Waals surface area contributed by atoms with Crippen molar-refractivity contribution in [3.05, 3.63) is 0 Å². The third-order valence-electron chi connectivity index (χ3n) is 9.77. The number of esters is 1. The zero-order valence-corrected chi connectivity index (χ0v) is 31.3. The molecule has 5 nitrogen and oxygen atoms in total. The van der Waals surface area contributed by atoms with Crippen molar-refractivity contribution in [3.63, 3.8) is 0 Å². The fraction of sp³-hybridized carbons (Fsp3) is 0.976. The summed E-state index contributed by atoms with van der Waals surface area (Å²) in [4.78, 5) is 14.9. The highest BCUT2D eigenvalue weighted by Crippen LogP contribution is 2.15. The van der Waals surface area contributed by atoms with Gasteiger partial charge in [-0.1, -0.05) is 168 Å². The van der Waals surface area contributed by atoms with Gasteiger partial charge >= 0.3 is 5.97 Å². The number of carbonyl (C=O) groups excluding carboxylic acids is 1. The highest BCUT2D eigenvalue weighted by molar-refractivity contribution is 5.69. The Hall–Kier alpha value is -0.650. The molecule has 274 valence electrons. The van der Waals surface area contributed by atoms with Crippen molar-refractivity contribution in [1.82, 2.24) is 4.90 Å². The van der Waals surface area contributed by atoms with Crippen molar-refractivity contribution < 1.29 is 19.0 Å². The van der Waals surface area contributed by atoms with Crippen LogP contribution < -0.4 is 0 Å². The minimum Gasteiger partial charge on any atom is -0.460 e. The van der Waals surface area contributed by atoms with E-state index >= 15 is 0 Å². The maximum Gasteiger partial charge on any atom is 0.306 e. The van der Waals surface area contributed by atoms with Gasteiger partial charge in [-0.05, 0) is 45.3 Å². The molecule has 1 aliphatic heterocycles. The zero-order chi connectivity index (χ0) is 33.0. The maximum absolute atomic E-state index is 12.5. The fourth-order valence-electron chi connectivity index (χ4n) is 6.45. The van der Waals surface area contributed by atoms with E-state index in [1.807, 2.05) is 0 Å². The van der Waals surface area contributed by atoms with E-state index in [0.29, 0.717) is 19.6 Å². The molecule has 0 bridgehead atoms. The van der Waals surface area contributed by atoms with Crippen LogP contribution in [0, 0.1) is 0 Å². The number of ether oxygens (including phenoxy) is 3. The van der Waals surface area contributed by atoms with Crippen LogP contribution in [-0.4, -0.2) is 63.0 Å². The van der Waals surface area contributed by atoms with Gasteiger partial charge in [0.25, 0.3) is 0 Å². The van der Waals surface area contributed by atoms with Gasteiger partial charge in [-0.2, -0.15) is 0 Å². The van der Waals surface area contributed by atoms with Gasteiger partial charge in [-0.25, -0.2) is 0 Å². The average molecular weight is 652 g/mol. The first-order valence-corrected chi connectivity index (χ1v) is 20.8. The van der Waals surface area contributed by atoms with E-state index in [1.165, 1.54) is 174 Å². The van der Waals surface area contributed by atoms with Gasteiger partial charge in [-0.3, -0.25) is 4.79 Å². The predicted molar refractivity (Wildman–Crippen MR) is 198 cm³/mol. The van der Waals surface area contributed by atoms with Gasteiger partial charge < -0.3 is 19.1 Å². The van der Waals surface area contributed by atoms with Crippen LogP contribution in [0.1, 0.15) is 206 Å². The minimum absolute atomic E-state index is 0.0772. The summed E-state index contributed by atoms with van der Waals surface area (Å²) in [6.07, 6.45) is 38.6. The monoisotopic (exact) mass is 652 g/mol. The summed E-state index contributed by atoms with van der Waals surface area (Å²) >= 11 is 0. The van der Waals surface area contributed by atoms with Gasteiger partial charge in [-0.15, -0.1) is 0 Å². The molecule has 0 amide bonds. The molecule has 0 saturated carbocycles. The largest absolute Gasteiger partial charge is 0.460 e. The molecule has 0 aliphatic carbocycles. The number of carbonyl (C=O) groups is 1. The molecule has 0 aromatic heterocycles. The van der Waals surface area contributed by atoms with Crippen LogP contribution in [0.2, 0.25) is 0 Å². The quantitative estimate of drug-likeness (QED) is 0.0491. The lowest BCUT2D eigenvalue weighted by atomic mass is 10.0. The predicted octanol–water partition coefficient (Wildman–Crippen LogP) is 12.0. The van der Waals surface area contributed by atoms with Gasteiger partial charge in [0.1, 0.15) is 6.10 Å². The summed E-state index contributed by atoms with van der Waals surface area (Å²) < 4.78 is 17.8. The summed E-state index contributed by atoms with van der Waals surface area (Å²) in [5.41, 5.74) is 0. The SMILES string of the molecule is CCCCCCCCCCCCCCCOCCC(COCCCCCCCCCCCCCCC)OC(=O)CCCN1CCC1. The van der Waals surface area contributed by atoms with Crippen molar-refractivity contribution in [3.8, 4) is 0 Å². The van der Waals surface area contributed by atoms with E-state index in [2.05, 4.69) is 18.7 Å². The highest BCUT2D eigenvalue weighted by atomic mass is 16.6. The second-order valence-electron chi connectivity index (χ2n) is 14.4. The van der Waals surface area contributed by atoms with E-state index in [-0.39, 0.29) is 12.1 Å². The molecule has 1 atom stereocenters. The molecule has 1 saturated heterocycles. The second kappa shape index (κ2) is 35.7. The first-order valence-electron chi connectivity index (χ1n) is 20.8. The summed E-state index contributed by atoms with van der Waals surface area (Å²) in [6, 6.07) is 0. The average Bonchev–Trinajstić information content (AvgIpc) is 3.03. The molecule has 0 spiro atoms. The van der Waals surface area contributed by atoms with E-state index in [9.17, 15) is 4.79 Å². The highest BCUT2D eigenvalue weighted by Gasteiger charge is 2.17. The lowest BCUT2D eigenvalue weighted by Gasteiger charge is -2.30. The lowest BCUT2D eigenvalue weighted by Crippen LogP contribution is -2.37. The lowest BCUT2D eigenvalue weighted by molar-refractivity contribution is -0.153. The van der Waals surface area contributed by atoms with Gasteiger partial charge in [0.2, 0.25) is 0 Å². The van der Waals surface area contributed by atoms with E-state index in [1.54, 1.807) is 0 Å². The number of likely N-dealkylation sites (tertiary alicyclic amines) is 1.